The molecule has 2 aliphatic rings. The molecule has 2 atom stereocenters. The van der Waals surface area contributed by atoms with E-state index in [0.717, 1.165) is 37.0 Å². The molecule has 20 heavy (non-hydrogen) atoms. The summed E-state index contributed by atoms with van der Waals surface area (Å²) in [5.74, 6) is 0.0747. The van der Waals surface area contributed by atoms with E-state index < -0.39 is 0 Å². The Morgan fingerprint density at radius 1 is 1.35 bits per heavy atom. The van der Waals surface area contributed by atoms with Gasteiger partial charge in [0, 0.05) is 30.6 Å². The van der Waals surface area contributed by atoms with Gasteiger partial charge in [-0.2, -0.15) is 5.10 Å². The summed E-state index contributed by atoms with van der Waals surface area (Å²) < 4.78 is 0. The molecule has 1 amide bonds. The topological polar surface area (TPSA) is 52.2 Å². The van der Waals surface area contributed by atoms with Crippen LogP contribution in [0.1, 0.15) is 23.8 Å². The van der Waals surface area contributed by atoms with Crippen LogP contribution in [0.15, 0.2) is 24.3 Å². The molecule has 4 rings (SSSR count). The molecule has 2 aromatic rings. The van der Waals surface area contributed by atoms with Gasteiger partial charge in [-0.3, -0.25) is 14.8 Å². The standard InChI is InChI=1S/C15H18N4O/c1-2-18-8-11-7-10(18)9-19(11)15(20)14-12-5-3-4-6-13(12)16-17-14/h3-6,10-11H,2,7-9H2,1H3,(H,16,17). The van der Waals surface area contributed by atoms with Crippen LogP contribution in [0, 0.1) is 0 Å². The predicted molar refractivity (Wildman–Crippen MR) is 76.6 cm³/mol. The molecule has 2 bridgehead atoms. The molecule has 1 N–H and O–H groups in total. The number of nitrogens with zero attached hydrogens (tertiary/aromatic N) is 3. The largest absolute Gasteiger partial charge is 0.331 e. The SMILES string of the molecule is CCN1CC2CC1CN2C(=O)c1n[nH]c2ccccc12. The number of benzene rings is 1. The van der Waals surface area contributed by atoms with Crippen molar-refractivity contribution >= 4 is 16.8 Å². The maximum absolute atomic E-state index is 12.7. The molecular weight excluding hydrogens is 252 g/mol. The molecule has 5 nitrogen and oxygen atoms in total. The van der Waals surface area contributed by atoms with E-state index in [9.17, 15) is 4.79 Å². The summed E-state index contributed by atoms with van der Waals surface area (Å²) in [5.41, 5.74) is 1.49. The van der Waals surface area contributed by atoms with Crippen LogP contribution in [-0.4, -0.2) is 57.6 Å². The molecule has 0 saturated carbocycles. The van der Waals surface area contributed by atoms with Crippen molar-refractivity contribution in [1.29, 1.82) is 0 Å². The molecule has 0 radical (unpaired) electrons. The summed E-state index contributed by atoms with van der Waals surface area (Å²) >= 11 is 0. The lowest BCUT2D eigenvalue weighted by Crippen LogP contribution is -2.48. The van der Waals surface area contributed by atoms with Crippen LogP contribution in [0.3, 0.4) is 0 Å². The summed E-state index contributed by atoms with van der Waals surface area (Å²) in [5, 5.41) is 8.11. The Labute approximate surface area is 117 Å². The second-order valence-electron chi connectivity index (χ2n) is 5.71. The fraction of sp³-hybridized carbons (Fsp3) is 0.467. The Bertz CT molecular complexity index is 665. The molecule has 3 heterocycles. The molecule has 0 aliphatic carbocycles. The number of aromatic amines is 1. The third-order valence-electron chi connectivity index (χ3n) is 4.69. The monoisotopic (exact) mass is 270 g/mol. The Kier molecular flexibility index (Phi) is 2.57. The normalized spacial score (nSPS) is 25.8. The zero-order valence-electron chi connectivity index (χ0n) is 11.5. The first-order valence-electron chi connectivity index (χ1n) is 7.26. The number of carbonyl (C=O) groups is 1. The van der Waals surface area contributed by atoms with Crippen molar-refractivity contribution in [2.24, 2.45) is 0 Å². The number of piperazine rings is 1. The number of nitrogens with one attached hydrogen (secondary N) is 1. The highest BCUT2D eigenvalue weighted by Gasteiger charge is 2.45. The highest BCUT2D eigenvalue weighted by molar-refractivity contribution is 6.04. The van der Waals surface area contributed by atoms with Crippen molar-refractivity contribution in [2.45, 2.75) is 25.4 Å². The van der Waals surface area contributed by atoms with E-state index in [1.54, 1.807) is 0 Å². The van der Waals surface area contributed by atoms with Gasteiger partial charge in [0.25, 0.3) is 5.91 Å². The van der Waals surface area contributed by atoms with E-state index in [0.29, 0.717) is 17.8 Å². The highest BCUT2D eigenvalue weighted by atomic mass is 16.2. The molecular formula is C15H18N4O. The minimum Gasteiger partial charge on any atom is -0.331 e. The van der Waals surface area contributed by atoms with Gasteiger partial charge >= 0.3 is 0 Å². The lowest BCUT2D eigenvalue weighted by atomic mass is 10.2. The number of hydrogen-bond donors (Lipinski definition) is 1. The average Bonchev–Trinajstić information content (AvgIpc) is 3.18. The molecule has 5 heteroatoms. The fourth-order valence-corrected chi connectivity index (χ4v) is 3.65. The molecule has 1 aromatic carbocycles. The van der Waals surface area contributed by atoms with Crippen molar-refractivity contribution < 1.29 is 4.79 Å². The first kappa shape index (κ1) is 11.9. The third kappa shape index (κ3) is 1.59. The highest BCUT2D eigenvalue weighted by Crippen LogP contribution is 2.32. The number of carbonyl (C=O) groups excluding carboxylic acids is 1. The minimum atomic E-state index is 0.0747. The Balaban J connectivity index is 1.63. The quantitative estimate of drug-likeness (QED) is 0.899. The number of rotatable bonds is 2. The summed E-state index contributed by atoms with van der Waals surface area (Å²) in [4.78, 5) is 17.2. The van der Waals surface area contributed by atoms with E-state index in [2.05, 4.69) is 22.0 Å². The average molecular weight is 270 g/mol. The van der Waals surface area contributed by atoms with E-state index >= 15 is 0 Å². The van der Waals surface area contributed by atoms with Crippen LogP contribution in [0.5, 0.6) is 0 Å². The zero-order valence-corrected chi connectivity index (χ0v) is 11.5. The van der Waals surface area contributed by atoms with Gasteiger partial charge in [-0.25, -0.2) is 0 Å². The predicted octanol–water partition coefficient (Wildman–Crippen LogP) is 1.48. The molecule has 2 fully saturated rings. The number of hydrogen-bond acceptors (Lipinski definition) is 3. The van der Waals surface area contributed by atoms with Crippen LogP contribution in [0.4, 0.5) is 0 Å². The second-order valence-corrected chi connectivity index (χ2v) is 5.71. The van der Waals surface area contributed by atoms with E-state index in [1.165, 1.54) is 0 Å². The Morgan fingerprint density at radius 3 is 2.95 bits per heavy atom. The van der Waals surface area contributed by atoms with Gasteiger partial charge in [-0.1, -0.05) is 25.1 Å². The lowest BCUT2D eigenvalue weighted by Gasteiger charge is -2.33. The molecule has 0 spiro atoms. The van der Waals surface area contributed by atoms with Crippen LogP contribution in [-0.2, 0) is 0 Å². The number of H-pyrrole nitrogens is 1. The van der Waals surface area contributed by atoms with Crippen molar-refractivity contribution in [3.8, 4) is 0 Å². The van der Waals surface area contributed by atoms with Gasteiger partial charge in [0.15, 0.2) is 5.69 Å². The van der Waals surface area contributed by atoms with Crippen molar-refractivity contribution in [3.63, 3.8) is 0 Å². The maximum atomic E-state index is 12.7. The molecule has 2 aliphatic heterocycles. The number of amides is 1. The van der Waals surface area contributed by atoms with E-state index in [4.69, 9.17) is 0 Å². The van der Waals surface area contributed by atoms with Crippen LogP contribution in [0.2, 0.25) is 0 Å². The molecule has 104 valence electrons. The van der Waals surface area contributed by atoms with Gasteiger partial charge in [0.1, 0.15) is 0 Å². The van der Waals surface area contributed by atoms with E-state index in [-0.39, 0.29) is 5.91 Å². The van der Waals surface area contributed by atoms with Gasteiger partial charge in [-0.05, 0) is 19.0 Å². The molecule has 2 saturated heterocycles. The minimum absolute atomic E-state index is 0.0747. The van der Waals surface area contributed by atoms with Crippen LogP contribution in [0.25, 0.3) is 10.9 Å². The number of para-hydroxylation sites is 1. The number of aromatic nitrogens is 2. The summed E-state index contributed by atoms with van der Waals surface area (Å²) in [6.45, 7) is 5.12. The third-order valence-corrected chi connectivity index (χ3v) is 4.69. The summed E-state index contributed by atoms with van der Waals surface area (Å²) in [6, 6.07) is 8.71. The van der Waals surface area contributed by atoms with Crippen molar-refractivity contribution in [3.05, 3.63) is 30.0 Å². The number of likely N-dealkylation sites (tertiary alicyclic amines) is 2. The summed E-state index contributed by atoms with van der Waals surface area (Å²) in [6.07, 6.45) is 1.11. The van der Waals surface area contributed by atoms with Gasteiger partial charge in [0.2, 0.25) is 0 Å². The van der Waals surface area contributed by atoms with E-state index in [1.807, 2.05) is 29.2 Å². The molecule has 2 unspecified atom stereocenters. The van der Waals surface area contributed by atoms with Crippen molar-refractivity contribution in [2.75, 3.05) is 19.6 Å². The van der Waals surface area contributed by atoms with Gasteiger partial charge in [-0.15, -0.1) is 0 Å². The number of likely N-dealkylation sites (N-methyl/N-ethyl adjacent to an activating group) is 1. The van der Waals surface area contributed by atoms with Gasteiger partial charge in [0.05, 0.1) is 5.52 Å². The lowest BCUT2D eigenvalue weighted by molar-refractivity contribution is 0.0626. The van der Waals surface area contributed by atoms with Gasteiger partial charge < -0.3 is 4.90 Å². The second kappa shape index (κ2) is 4.31. The Morgan fingerprint density at radius 2 is 2.20 bits per heavy atom. The fourth-order valence-electron chi connectivity index (χ4n) is 3.65. The summed E-state index contributed by atoms with van der Waals surface area (Å²) in [7, 11) is 0. The maximum Gasteiger partial charge on any atom is 0.275 e. The zero-order chi connectivity index (χ0) is 13.7. The first-order valence-corrected chi connectivity index (χ1v) is 7.26. The van der Waals surface area contributed by atoms with Crippen molar-refractivity contribution in [1.82, 2.24) is 20.0 Å². The smallest absolute Gasteiger partial charge is 0.275 e. The van der Waals surface area contributed by atoms with Crippen LogP contribution >= 0.6 is 0 Å². The molecule has 1 aromatic heterocycles. The first-order chi connectivity index (χ1) is 9.78. The Hall–Kier alpha value is -1.88. The van der Waals surface area contributed by atoms with Crippen LogP contribution < -0.4 is 0 Å². The number of fused-ring (bicyclic) bond motifs is 3.